The zero-order chi connectivity index (χ0) is 12.5. The van der Waals surface area contributed by atoms with Crippen molar-refractivity contribution in [3.63, 3.8) is 0 Å². The van der Waals surface area contributed by atoms with Gasteiger partial charge in [-0.2, -0.15) is 0 Å². The molecule has 0 aromatic heterocycles. The van der Waals surface area contributed by atoms with E-state index in [0.29, 0.717) is 0 Å². The Bertz CT molecular complexity index is 499. The summed E-state index contributed by atoms with van der Waals surface area (Å²) in [6.45, 7) is 1.40. The van der Waals surface area contributed by atoms with E-state index in [1.807, 2.05) is 0 Å². The summed E-state index contributed by atoms with van der Waals surface area (Å²) in [5.41, 5.74) is -1.52. The molecule has 7 heteroatoms. The van der Waals surface area contributed by atoms with E-state index in [0.717, 1.165) is 6.07 Å². The third-order valence-electron chi connectivity index (χ3n) is 2.07. The molecule has 0 unspecified atom stereocenters. The summed E-state index contributed by atoms with van der Waals surface area (Å²) in [5, 5.41) is 26.4. The molecule has 0 radical (unpaired) electrons. The largest absolute Gasteiger partial charge is 1.00 e. The van der Waals surface area contributed by atoms with Crippen molar-refractivity contribution in [3.8, 4) is 0 Å². The van der Waals surface area contributed by atoms with Crippen LogP contribution in [0.1, 0.15) is 38.1 Å². The Labute approximate surface area is 120 Å². The average molecular weight is 248 g/mol. The molecule has 17 heavy (non-hydrogen) atoms. The van der Waals surface area contributed by atoms with Gasteiger partial charge in [0.25, 0.3) is 0 Å². The van der Waals surface area contributed by atoms with Crippen molar-refractivity contribution in [2.45, 2.75) is 6.92 Å². The van der Waals surface area contributed by atoms with Gasteiger partial charge < -0.3 is 16.7 Å². The summed E-state index contributed by atoms with van der Waals surface area (Å²) in [6.07, 6.45) is 0. The Morgan fingerprint density at radius 3 is 1.76 bits per heavy atom. The van der Waals surface area contributed by atoms with Crippen LogP contribution in [0.2, 0.25) is 0 Å². The molecule has 0 saturated heterocycles. The van der Waals surface area contributed by atoms with E-state index in [1.165, 1.54) is 13.0 Å². The minimum absolute atomic E-state index is 0. The van der Waals surface area contributed by atoms with Gasteiger partial charge in [-0.25, -0.2) is 14.4 Å². The summed E-state index contributed by atoms with van der Waals surface area (Å²) in [6, 6.07) is 2.34. The van der Waals surface area contributed by atoms with Crippen molar-refractivity contribution in [2.24, 2.45) is 0 Å². The van der Waals surface area contributed by atoms with Gasteiger partial charge in [0.1, 0.15) is 0 Å². The van der Waals surface area contributed by atoms with Gasteiger partial charge in [-0.1, -0.05) is 6.07 Å². The van der Waals surface area contributed by atoms with Crippen molar-refractivity contribution in [1.82, 2.24) is 0 Å². The molecule has 0 bridgehead atoms. The summed E-state index contributed by atoms with van der Waals surface area (Å²) in [4.78, 5) is 32.5. The van der Waals surface area contributed by atoms with E-state index >= 15 is 0 Å². The normalized spacial score (nSPS) is 9.24. The first-order valence-corrected chi connectivity index (χ1v) is 4.19. The first-order chi connectivity index (χ1) is 7.36. The van der Waals surface area contributed by atoms with E-state index in [-0.39, 0.29) is 36.5 Å². The smallest absolute Gasteiger partial charge is 1.00 e. The quantitative estimate of drug-likeness (QED) is 0.544. The molecule has 1 rings (SSSR count). The van der Waals surface area contributed by atoms with Gasteiger partial charge in [0.2, 0.25) is 0 Å². The molecule has 0 aliphatic carbocycles. The maximum atomic E-state index is 10.9. The number of carbonyl (C=O) groups is 3. The summed E-state index contributed by atoms with van der Waals surface area (Å²) in [5.74, 6) is -4.50. The predicted octanol–water partition coefficient (Wildman–Crippen LogP) is -1.79. The van der Waals surface area contributed by atoms with Crippen LogP contribution < -0.4 is 29.6 Å². The number of aryl methyl sites for hydroxylation is 1. The molecule has 6 nitrogen and oxygen atoms in total. The first-order valence-electron chi connectivity index (χ1n) is 4.19. The Morgan fingerprint density at radius 1 is 0.941 bits per heavy atom. The van der Waals surface area contributed by atoms with E-state index in [9.17, 15) is 14.4 Å². The van der Waals surface area contributed by atoms with Crippen LogP contribution >= 0.6 is 0 Å². The molecule has 0 spiro atoms. The van der Waals surface area contributed by atoms with Crippen LogP contribution in [-0.2, 0) is 0 Å². The third-order valence-corrected chi connectivity index (χ3v) is 2.07. The van der Waals surface area contributed by atoms with Crippen LogP contribution in [-0.4, -0.2) is 33.2 Å². The van der Waals surface area contributed by atoms with Crippen molar-refractivity contribution < 1.29 is 60.7 Å². The van der Waals surface area contributed by atoms with Crippen LogP contribution in [0.25, 0.3) is 0 Å². The number of carboxylic acids is 3. The van der Waals surface area contributed by atoms with E-state index in [1.54, 1.807) is 0 Å². The second kappa shape index (κ2) is 5.81. The molecule has 0 amide bonds. The number of carboxylic acid groups (broad SMARTS) is 3. The monoisotopic (exact) mass is 248 g/mol. The molecule has 0 aliphatic heterocycles. The average Bonchev–Trinajstić information content (AvgIpc) is 2.15. The summed E-state index contributed by atoms with van der Waals surface area (Å²) < 4.78 is 0. The second-order valence-electron chi connectivity index (χ2n) is 3.10. The number of hydrogen-bond acceptors (Lipinski definition) is 3. The maximum Gasteiger partial charge on any atom is 1.00 e. The number of rotatable bonds is 3. The van der Waals surface area contributed by atoms with Crippen molar-refractivity contribution >= 4 is 17.9 Å². The number of aromatic carboxylic acids is 3. The Morgan fingerprint density at radius 2 is 1.41 bits per heavy atom. The molecular formula is C10H9NaO6. The second-order valence-corrected chi connectivity index (χ2v) is 3.10. The minimum atomic E-state index is -1.57. The predicted molar refractivity (Wildman–Crippen MR) is 53.2 cm³/mol. The van der Waals surface area contributed by atoms with Gasteiger partial charge in [0, 0.05) is 0 Å². The van der Waals surface area contributed by atoms with E-state index in [4.69, 9.17) is 15.3 Å². The zero-order valence-electron chi connectivity index (χ0n) is 10.2. The van der Waals surface area contributed by atoms with Crippen LogP contribution in [0.15, 0.2) is 12.1 Å². The fraction of sp³-hybridized carbons (Fsp3) is 0.100. The van der Waals surface area contributed by atoms with Gasteiger partial charge in [-0.3, -0.25) is 0 Å². The van der Waals surface area contributed by atoms with Gasteiger partial charge in [-0.15, -0.1) is 0 Å². The van der Waals surface area contributed by atoms with Crippen LogP contribution in [0.3, 0.4) is 0 Å². The first kappa shape index (κ1) is 15.6. The third kappa shape index (κ3) is 3.06. The number of hydrogen-bond donors (Lipinski definition) is 3. The number of benzene rings is 1. The van der Waals surface area contributed by atoms with Gasteiger partial charge >= 0.3 is 47.5 Å². The van der Waals surface area contributed by atoms with Crippen molar-refractivity contribution in [2.75, 3.05) is 0 Å². The standard InChI is InChI=1S/C10H8O6.Na.H/c1-4-2-3-5(8(11)12)7(10(15)16)6(4)9(13)14;;/h2-3H,1H3,(H,11,12)(H,13,14)(H,15,16);;/q;+1;-1. The van der Waals surface area contributed by atoms with Gasteiger partial charge in [0.05, 0.1) is 16.7 Å². The topological polar surface area (TPSA) is 112 Å². The molecule has 0 atom stereocenters. The SMILES string of the molecule is Cc1ccc(C(=O)O)c(C(=O)O)c1C(=O)O.[H-].[Na+]. The molecule has 1 aromatic carbocycles. The molecular weight excluding hydrogens is 239 g/mol. The Kier molecular flexibility index (Phi) is 5.34. The molecule has 0 aliphatic rings. The minimum Gasteiger partial charge on any atom is -1.00 e. The molecule has 0 fully saturated rings. The fourth-order valence-electron chi connectivity index (χ4n) is 1.38. The maximum absolute atomic E-state index is 10.9. The van der Waals surface area contributed by atoms with Gasteiger partial charge in [-0.05, 0) is 18.6 Å². The summed E-state index contributed by atoms with van der Waals surface area (Å²) in [7, 11) is 0. The van der Waals surface area contributed by atoms with Gasteiger partial charge in [0.15, 0.2) is 0 Å². The summed E-state index contributed by atoms with van der Waals surface area (Å²) >= 11 is 0. The van der Waals surface area contributed by atoms with E-state index < -0.39 is 34.6 Å². The zero-order valence-corrected chi connectivity index (χ0v) is 11.2. The molecule has 3 N–H and O–H groups in total. The molecule has 1 aromatic rings. The Hall–Kier alpha value is -1.37. The van der Waals surface area contributed by atoms with Crippen molar-refractivity contribution in [1.29, 1.82) is 0 Å². The fourth-order valence-corrected chi connectivity index (χ4v) is 1.38. The molecule has 86 valence electrons. The van der Waals surface area contributed by atoms with Crippen LogP contribution in [0.4, 0.5) is 0 Å². The van der Waals surface area contributed by atoms with E-state index in [2.05, 4.69) is 0 Å². The van der Waals surface area contributed by atoms with Crippen LogP contribution in [0, 0.1) is 6.92 Å². The van der Waals surface area contributed by atoms with Crippen molar-refractivity contribution in [3.05, 3.63) is 34.4 Å². The molecule has 0 heterocycles. The molecule has 0 saturated carbocycles. The van der Waals surface area contributed by atoms with Crippen LogP contribution in [0.5, 0.6) is 0 Å². The Balaban J connectivity index is 0.